The molecule has 0 fully saturated rings. The number of nitrogens with one attached hydrogen (secondary N) is 2. The van der Waals surface area contributed by atoms with Crippen molar-refractivity contribution in [2.45, 2.75) is 25.1 Å². The van der Waals surface area contributed by atoms with Crippen molar-refractivity contribution in [3.8, 4) is 11.3 Å². The number of carbonyl (C=O) groups is 1. The van der Waals surface area contributed by atoms with Crippen LogP contribution in [0.3, 0.4) is 0 Å². The minimum Gasteiger partial charge on any atom is -0.310 e. The standard InChI is InChI=1S/C18H19N5OS/c1-11(2)23-18-14(9-20-23)17(25-10-15(24)21-18)13-8-19-22-16(13)12-6-4-3-5-7-12/h3-9,11,17H,10H2,1-2H3,(H,19,22)(H,21,24)/t17-/m0/s1. The van der Waals surface area contributed by atoms with Gasteiger partial charge in [-0.2, -0.15) is 10.2 Å². The number of H-pyrrole nitrogens is 1. The van der Waals surface area contributed by atoms with Crippen molar-refractivity contribution < 1.29 is 4.79 Å². The van der Waals surface area contributed by atoms with Crippen LogP contribution in [0.25, 0.3) is 11.3 Å². The number of benzene rings is 1. The first-order valence-corrected chi connectivity index (χ1v) is 9.27. The Labute approximate surface area is 150 Å². The van der Waals surface area contributed by atoms with E-state index >= 15 is 0 Å². The Balaban J connectivity index is 1.83. The third-order valence-electron chi connectivity index (χ3n) is 4.25. The van der Waals surface area contributed by atoms with Gasteiger partial charge in [0.15, 0.2) is 0 Å². The summed E-state index contributed by atoms with van der Waals surface area (Å²) >= 11 is 1.60. The zero-order valence-corrected chi connectivity index (χ0v) is 14.9. The van der Waals surface area contributed by atoms with Gasteiger partial charge in [-0.3, -0.25) is 9.89 Å². The molecule has 3 heterocycles. The van der Waals surface area contributed by atoms with Gasteiger partial charge in [0.05, 0.1) is 29.1 Å². The van der Waals surface area contributed by atoms with Gasteiger partial charge in [0.25, 0.3) is 0 Å². The number of nitrogens with zero attached hydrogens (tertiary/aromatic N) is 3. The van der Waals surface area contributed by atoms with Crippen LogP contribution in [0.2, 0.25) is 0 Å². The molecule has 1 aliphatic heterocycles. The lowest BCUT2D eigenvalue weighted by Gasteiger charge is -2.15. The topological polar surface area (TPSA) is 75.6 Å². The van der Waals surface area contributed by atoms with Crippen LogP contribution in [0, 0.1) is 0 Å². The number of thioether (sulfide) groups is 1. The number of hydrogen-bond acceptors (Lipinski definition) is 4. The summed E-state index contributed by atoms with van der Waals surface area (Å²) in [4.78, 5) is 12.2. The Bertz CT molecular complexity index is 899. The predicted octanol–water partition coefficient (Wildman–Crippen LogP) is 3.63. The van der Waals surface area contributed by atoms with Crippen LogP contribution >= 0.6 is 11.8 Å². The van der Waals surface area contributed by atoms with E-state index in [-0.39, 0.29) is 17.2 Å². The minimum atomic E-state index is -0.00425. The van der Waals surface area contributed by atoms with Crippen molar-refractivity contribution in [2.24, 2.45) is 0 Å². The van der Waals surface area contributed by atoms with E-state index in [0.717, 1.165) is 28.2 Å². The monoisotopic (exact) mass is 353 g/mol. The average Bonchev–Trinajstić information content (AvgIpc) is 3.21. The maximum absolute atomic E-state index is 12.2. The summed E-state index contributed by atoms with van der Waals surface area (Å²) in [7, 11) is 0. The molecule has 7 heteroatoms. The molecule has 25 heavy (non-hydrogen) atoms. The van der Waals surface area contributed by atoms with Crippen molar-refractivity contribution in [2.75, 3.05) is 11.1 Å². The third-order valence-corrected chi connectivity index (χ3v) is 5.52. The summed E-state index contributed by atoms with van der Waals surface area (Å²) in [6, 6.07) is 10.3. The molecule has 0 aliphatic carbocycles. The summed E-state index contributed by atoms with van der Waals surface area (Å²) in [6.45, 7) is 4.11. The summed E-state index contributed by atoms with van der Waals surface area (Å²) in [6.07, 6.45) is 3.71. The molecule has 0 bridgehead atoms. The molecule has 0 radical (unpaired) electrons. The molecule has 4 rings (SSSR count). The molecule has 128 valence electrons. The highest BCUT2D eigenvalue weighted by atomic mass is 32.2. The summed E-state index contributed by atoms with van der Waals surface area (Å²) in [5, 5.41) is 14.9. The lowest BCUT2D eigenvalue weighted by molar-refractivity contribution is -0.113. The van der Waals surface area contributed by atoms with Gasteiger partial charge in [-0.05, 0) is 19.4 Å². The maximum Gasteiger partial charge on any atom is 0.235 e. The van der Waals surface area contributed by atoms with Crippen molar-refractivity contribution in [1.29, 1.82) is 0 Å². The van der Waals surface area contributed by atoms with Crippen LogP contribution in [-0.2, 0) is 4.79 Å². The van der Waals surface area contributed by atoms with Crippen molar-refractivity contribution in [1.82, 2.24) is 20.0 Å². The molecule has 1 atom stereocenters. The number of fused-ring (bicyclic) bond motifs is 1. The van der Waals surface area contributed by atoms with Crippen molar-refractivity contribution in [3.05, 3.63) is 53.9 Å². The van der Waals surface area contributed by atoms with Gasteiger partial charge < -0.3 is 5.32 Å². The highest BCUT2D eigenvalue weighted by molar-refractivity contribution is 8.00. The molecule has 0 unspecified atom stereocenters. The average molecular weight is 353 g/mol. The largest absolute Gasteiger partial charge is 0.310 e. The number of amides is 1. The molecule has 0 saturated heterocycles. The van der Waals surface area contributed by atoms with E-state index < -0.39 is 0 Å². The van der Waals surface area contributed by atoms with Crippen LogP contribution in [0.15, 0.2) is 42.7 Å². The van der Waals surface area contributed by atoms with Crippen LogP contribution in [0.4, 0.5) is 5.82 Å². The van der Waals surface area contributed by atoms with E-state index in [9.17, 15) is 4.79 Å². The molecule has 3 aromatic rings. The zero-order valence-electron chi connectivity index (χ0n) is 14.1. The first-order valence-electron chi connectivity index (χ1n) is 8.22. The van der Waals surface area contributed by atoms with Crippen LogP contribution < -0.4 is 5.32 Å². The number of aromatic nitrogens is 4. The number of rotatable bonds is 3. The normalized spacial score (nSPS) is 17.2. The molecular weight excluding hydrogens is 334 g/mol. The van der Waals surface area contributed by atoms with Gasteiger partial charge in [0.2, 0.25) is 5.91 Å². The number of carbonyl (C=O) groups excluding carboxylic acids is 1. The fourth-order valence-electron chi connectivity index (χ4n) is 3.09. The second-order valence-electron chi connectivity index (χ2n) is 6.29. The molecule has 1 amide bonds. The molecule has 1 aliphatic rings. The Morgan fingerprint density at radius 1 is 1.20 bits per heavy atom. The molecule has 0 spiro atoms. The van der Waals surface area contributed by atoms with Gasteiger partial charge in [-0.1, -0.05) is 30.3 Å². The number of aromatic amines is 1. The number of anilines is 1. The Hall–Kier alpha value is -2.54. The van der Waals surface area contributed by atoms with Crippen LogP contribution in [0.5, 0.6) is 0 Å². The highest BCUT2D eigenvalue weighted by Gasteiger charge is 2.30. The maximum atomic E-state index is 12.2. The van der Waals surface area contributed by atoms with E-state index in [1.807, 2.05) is 35.3 Å². The lowest BCUT2D eigenvalue weighted by atomic mass is 10.0. The van der Waals surface area contributed by atoms with Gasteiger partial charge in [-0.25, -0.2) is 4.68 Å². The SMILES string of the molecule is CC(C)n1ncc2c1NC(=O)CS[C@H]2c1cn[nH]c1-c1ccccc1. The van der Waals surface area contributed by atoms with Crippen molar-refractivity contribution >= 4 is 23.5 Å². The molecule has 6 nitrogen and oxygen atoms in total. The quantitative estimate of drug-likeness (QED) is 0.754. The van der Waals surface area contributed by atoms with E-state index in [0.29, 0.717) is 5.75 Å². The first kappa shape index (κ1) is 16.0. The summed E-state index contributed by atoms with van der Waals surface area (Å²) < 4.78 is 1.87. The fraction of sp³-hybridized carbons (Fsp3) is 0.278. The molecule has 2 aromatic heterocycles. The Morgan fingerprint density at radius 2 is 2.00 bits per heavy atom. The molecular formula is C18H19N5OS. The van der Waals surface area contributed by atoms with Gasteiger partial charge in [0, 0.05) is 17.2 Å². The zero-order chi connectivity index (χ0) is 17.4. The lowest BCUT2D eigenvalue weighted by Crippen LogP contribution is -2.17. The van der Waals surface area contributed by atoms with Crippen molar-refractivity contribution in [3.63, 3.8) is 0 Å². The first-order chi connectivity index (χ1) is 12.1. The van der Waals surface area contributed by atoms with Crippen LogP contribution in [0.1, 0.15) is 36.3 Å². The van der Waals surface area contributed by atoms with E-state index in [1.54, 1.807) is 11.8 Å². The Morgan fingerprint density at radius 3 is 2.76 bits per heavy atom. The highest BCUT2D eigenvalue weighted by Crippen LogP contribution is 2.44. The molecule has 1 aromatic carbocycles. The second-order valence-corrected chi connectivity index (χ2v) is 7.39. The fourth-order valence-corrected chi connectivity index (χ4v) is 4.19. The van der Waals surface area contributed by atoms with E-state index in [2.05, 4.69) is 46.6 Å². The van der Waals surface area contributed by atoms with Gasteiger partial charge in [0.1, 0.15) is 5.82 Å². The minimum absolute atomic E-state index is 0.000839. The predicted molar refractivity (Wildman–Crippen MR) is 99.6 cm³/mol. The smallest absolute Gasteiger partial charge is 0.235 e. The number of hydrogen-bond donors (Lipinski definition) is 2. The van der Waals surface area contributed by atoms with Gasteiger partial charge in [-0.15, -0.1) is 11.8 Å². The summed E-state index contributed by atoms with van der Waals surface area (Å²) in [5.41, 5.74) is 4.15. The third kappa shape index (κ3) is 2.84. The molecule has 0 saturated carbocycles. The van der Waals surface area contributed by atoms with E-state index in [1.165, 1.54) is 0 Å². The second kappa shape index (κ2) is 6.40. The molecule has 2 N–H and O–H groups in total. The summed E-state index contributed by atoms with van der Waals surface area (Å²) in [5.74, 6) is 1.19. The Kier molecular flexibility index (Phi) is 4.09. The van der Waals surface area contributed by atoms with Crippen LogP contribution in [-0.4, -0.2) is 31.6 Å². The van der Waals surface area contributed by atoms with Gasteiger partial charge >= 0.3 is 0 Å². The van der Waals surface area contributed by atoms with E-state index in [4.69, 9.17) is 0 Å².